The summed E-state index contributed by atoms with van der Waals surface area (Å²) in [7, 11) is 0. The van der Waals surface area contributed by atoms with Crippen LogP contribution in [-0.4, -0.2) is 34.6 Å². The second kappa shape index (κ2) is 2.96. The number of hydrogen-bond acceptors (Lipinski definition) is 2. The molecular formula is C11H17NO2. The van der Waals surface area contributed by atoms with Crippen molar-refractivity contribution in [1.82, 2.24) is 4.90 Å². The summed E-state index contributed by atoms with van der Waals surface area (Å²) in [4.78, 5) is 13.6. The van der Waals surface area contributed by atoms with Crippen molar-refractivity contribution in [3.63, 3.8) is 0 Å². The van der Waals surface area contributed by atoms with Gasteiger partial charge in [0.15, 0.2) is 0 Å². The topological polar surface area (TPSA) is 40.5 Å². The molecule has 0 amide bonds. The zero-order valence-corrected chi connectivity index (χ0v) is 8.35. The second-order valence-electron chi connectivity index (χ2n) is 5.04. The van der Waals surface area contributed by atoms with Crippen molar-refractivity contribution in [3.8, 4) is 0 Å². The van der Waals surface area contributed by atoms with Gasteiger partial charge in [-0.3, -0.25) is 9.69 Å². The van der Waals surface area contributed by atoms with Crippen LogP contribution in [0.4, 0.5) is 0 Å². The van der Waals surface area contributed by atoms with Gasteiger partial charge >= 0.3 is 5.97 Å². The fourth-order valence-electron chi connectivity index (χ4n) is 3.95. The molecule has 3 aliphatic rings. The quantitative estimate of drug-likeness (QED) is 0.686. The minimum atomic E-state index is -0.563. The van der Waals surface area contributed by atoms with E-state index >= 15 is 0 Å². The summed E-state index contributed by atoms with van der Waals surface area (Å²) >= 11 is 0. The summed E-state index contributed by atoms with van der Waals surface area (Å²) in [6.07, 6.45) is 5.85. The first-order chi connectivity index (χ1) is 6.77. The van der Waals surface area contributed by atoms with Crippen LogP contribution in [0.25, 0.3) is 0 Å². The molecule has 0 radical (unpaired) electrons. The summed E-state index contributed by atoms with van der Waals surface area (Å²) in [6.45, 7) is 1.15. The van der Waals surface area contributed by atoms with Crippen LogP contribution in [0.5, 0.6) is 0 Å². The molecule has 0 spiro atoms. The van der Waals surface area contributed by atoms with Gasteiger partial charge in [-0.25, -0.2) is 0 Å². The summed E-state index contributed by atoms with van der Waals surface area (Å²) in [5.41, 5.74) is 0. The van der Waals surface area contributed by atoms with E-state index in [2.05, 4.69) is 4.90 Å². The van der Waals surface area contributed by atoms with E-state index in [9.17, 15) is 9.90 Å². The van der Waals surface area contributed by atoms with E-state index < -0.39 is 5.97 Å². The summed E-state index contributed by atoms with van der Waals surface area (Å²) in [5, 5.41) is 9.19. The van der Waals surface area contributed by atoms with E-state index in [1.165, 1.54) is 19.3 Å². The van der Waals surface area contributed by atoms with Crippen molar-refractivity contribution < 1.29 is 9.90 Å². The average Bonchev–Trinajstić information content (AvgIpc) is 2.40. The number of carboxylic acid groups (broad SMARTS) is 1. The molecule has 0 saturated carbocycles. The Morgan fingerprint density at radius 3 is 2.93 bits per heavy atom. The maximum atomic E-state index is 11.1. The highest BCUT2D eigenvalue weighted by Gasteiger charge is 2.51. The number of carbonyl (C=O) groups is 1. The van der Waals surface area contributed by atoms with Gasteiger partial charge in [0.25, 0.3) is 0 Å². The molecule has 0 aromatic heterocycles. The predicted octanol–water partition coefficient (Wildman–Crippen LogP) is 1.33. The summed E-state index contributed by atoms with van der Waals surface area (Å²) in [5.74, 6) is 0.0589. The van der Waals surface area contributed by atoms with Crippen LogP contribution in [-0.2, 0) is 4.79 Å². The molecule has 3 heterocycles. The van der Waals surface area contributed by atoms with Crippen molar-refractivity contribution >= 4 is 5.97 Å². The van der Waals surface area contributed by atoms with Crippen molar-refractivity contribution in [2.24, 2.45) is 11.8 Å². The fraction of sp³-hybridized carbons (Fsp3) is 0.909. The minimum absolute atomic E-state index is 0.0703. The molecule has 3 fully saturated rings. The third kappa shape index (κ3) is 1.05. The number of hydrogen-bond donors (Lipinski definition) is 1. The highest BCUT2D eigenvalue weighted by Crippen LogP contribution is 2.47. The molecule has 14 heavy (non-hydrogen) atoms. The molecule has 3 rings (SSSR count). The molecule has 1 unspecified atom stereocenters. The maximum Gasteiger partial charge on any atom is 0.308 e. The molecule has 3 saturated heterocycles. The Morgan fingerprint density at radius 1 is 1.29 bits per heavy atom. The molecular weight excluding hydrogens is 178 g/mol. The van der Waals surface area contributed by atoms with Crippen LogP contribution in [0, 0.1) is 11.8 Å². The molecule has 3 nitrogen and oxygen atoms in total. The Hall–Kier alpha value is -0.570. The predicted molar refractivity (Wildman–Crippen MR) is 52.0 cm³/mol. The highest BCUT2D eigenvalue weighted by molar-refractivity contribution is 5.71. The van der Waals surface area contributed by atoms with E-state index in [-0.39, 0.29) is 5.92 Å². The number of carboxylic acids is 1. The molecule has 0 aliphatic carbocycles. The standard InChI is InChI=1S/C11H17NO2/c13-11(14)9-4-3-8-6-7-2-1-5-12(8)10(7)9/h7-10H,1-6H2,(H,13,14)/t7-,8+,9+,10-/m0/s1. The smallest absolute Gasteiger partial charge is 0.308 e. The molecule has 0 aromatic carbocycles. The number of piperidine rings is 2. The lowest BCUT2D eigenvalue weighted by Gasteiger charge is -2.42. The first-order valence-electron chi connectivity index (χ1n) is 5.76. The van der Waals surface area contributed by atoms with Gasteiger partial charge in [0, 0.05) is 12.1 Å². The Morgan fingerprint density at radius 2 is 2.14 bits per heavy atom. The van der Waals surface area contributed by atoms with Gasteiger partial charge < -0.3 is 5.11 Å². The molecule has 78 valence electrons. The third-order valence-corrected chi connectivity index (χ3v) is 4.44. The van der Waals surface area contributed by atoms with E-state index in [4.69, 9.17) is 0 Å². The van der Waals surface area contributed by atoms with Crippen molar-refractivity contribution in [2.75, 3.05) is 6.54 Å². The lowest BCUT2D eigenvalue weighted by atomic mass is 9.82. The minimum Gasteiger partial charge on any atom is -0.481 e. The van der Waals surface area contributed by atoms with Gasteiger partial charge in [0.05, 0.1) is 5.92 Å². The van der Waals surface area contributed by atoms with Gasteiger partial charge in [0.2, 0.25) is 0 Å². The first kappa shape index (κ1) is 8.72. The van der Waals surface area contributed by atoms with Gasteiger partial charge in [-0.15, -0.1) is 0 Å². The highest BCUT2D eigenvalue weighted by atomic mass is 16.4. The molecule has 1 N–H and O–H groups in total. The molecule has 3 aliphatic heterocycles. The number of aliphatic carboxylic acids is 1. The maximum absolute atomic E-state index is 11.1. The van der Waals surface area contributed by atoms with Crippen LogP contribution < -0.4 is 0 Å². The van der Waals surface area contributed by atoms with E-state index in [1.807, 2.05) is 0 Å². The SMILES string of the molecule is O=C(O)[C@@H]1CC[C@@H]2C[C@@H]3CCCN2[C@@H]31. The van der Waals surface area contributed by atoms with Gasteiger partial charge in [0.1, 0.15) is 0 Å². The van der Waals surface area contributed by atoms with Crippen LogP contribution in [0.3, 0.4) is 0 Å². The van der Waals surface area contributed by atoms with Crippen molar-refractivity contribution in [1.29, 1.82) is 0 Å². The van der Waals surface area contributed by atoms with Crippen LogP contribution in [0.15, 0.2) is 0 Å². The molecule has 4 bridgehead atoms. The Balaban J connectivity index is 1.90. The normalized spacial score (nSPS) is 50.4. The fourth-order valence-corrected chi connectivity index (χ4v) is 3.95. The largest absolute Gasteiger partial charge is 0.481 e. The zero-order chi connectivity index (χ0) is 9.71. The average molecular weight is 195 g/mol. The zero-order valence-electron chi connectivity index (χ0n) is 8.35. The van der Waals surface area contributed by atoms with E-state index in [0.29, 0.717) is 12.0 Å². The van der Waals surface area contributed by atoms with Crippen LogP contribution in [0.1, 0.15) is 32.1 Å². The van der Waals surface area contributed by atoms with Crippen LogP contribution >= 0.6 is 0 Å². The lowest BCUT2D eigenvalue weighted by molar-refractivity contribution is -0.147. The van der Waals surface area contributed by atoms with E-state index in [0.717, 1.165) is 25.4 Å². The van der Waals surface area contributed by atoms with Crippen molar-refractivity contribution in [3.05, 3.63) is 0 Å². The molecule has 5 atom stereocenters. The second-order valence-corrected chi connectivity index (χ2v) is 5.04. The Kier molecular flexibility index (Phi) is 1.84. The van der Waals surface area contributed by atoms with Gasteiger partial charge in [-0.05, 0) is 44.6 Å². The van der Waals surface area contributed by atoms with Gasteiger partial charge in [-0.2, -0.15) is 0 Å². The molecule has 3 heteroatoms. The summed E-state index contributed by atoms with van der Waals surface area (Å²) < 4.78 is 0. The lowest BCUT2D eigenvalue weighted by Crippen LogP contribution is -2.51. The number of nitrogens with zero attached hydrogens (tertiary/aromatic N) is 1. The molecule has 0 aromatic rings. The monoisotopic (exact) mass is 195 g/mol. The first-order valence-corrected chi connectivity index (χ1v) is 5.76. The van der Waals surface area contributed by atoms with Crippen LogP contribution in [0.2, 0.25) is 0 Å². The third-order valence-electron chi connectivity index (χ3n) is 4.44. The summed E-state index contributed by atoms with van der Waals surface area (Å²) in [6, 6.07) is 1.11. The number of rotatable bonds is 1. The Labute approximate surface area is 84.1 Å². The van der Waals surface area contributed by atoms with E-state index in [1.54, 1.807) is 0 Å². The Bertz CT molecular complexity index is 266. The van der Waals surface area contributed by atoms with Crippen molar-refractivity contribution in [2.45, 2.75) is 44.2 Å². The van der Waals surface area contributed by atoms with Gasteiger partial charge in [-0.1, -0.05) is 0 Å².